The van der Waals surface area contributed by atoms with Crippen molar-refractivity contribution in [1.82, 2.24) is 5.32 Å². The summed E-state index contributed by atoms with van der Waals surface area (Å²) >= 11 is 0. The molecular weight excluding hydrogens is 206 g/mol. The maximum atomic E-state index is 10.5. The first kappa shape index (κ1) is 12.3. The van der Waals surface area contributed by atoms with Crippen molar-refractivity contribution in [3.8, 4) is 0 Å². The van der Waals surface area contributed by atoms with Crippen LogP contribution < -0.4 is 5.32 Å². The molecule has 0 fully saturated rings. The Hall–Kier alpha value is -1.81. The van der Waals surface area contributed by atoms with Crippen LogP contribution in [0.3, 0.4) is 0 Å². The van der Waals surface area contributed by atoms with E-state index in [9.17, 15) is 4.79 Å². The molecule has 0 saturated carbocycles. The molecule has 0 aliphatic rings. The largest absolute Gasteiger partial charge is 0.478 e. The molecule has 16 heavy (non-hydrogen) atoms. The highest BCUT2D eigenvalue weighted by atomic mass is 16.5. The van der Waals surface area contributed by atoms with Crippen LogP contribution in [0.4, 0.5) is 0 Å². The molecule has 0 atom stereocenters. The number of hydrogen-bond acceptors (Lipinski definition) is 3. The second-order valence-corrected chi connectivity index (χ2v) is 3.28. The number of nitrogens with one attached hydrogen (secondary N) is 1. The van der Waals surface area contributed by atoms with Crippen molar-refractivity contribution in [2.75, 3.05) is 13.7 Å². The highest BCUT2D eigenvalue weighted by Gasteiger charge is 2.00. The van der Waals surface area contributed by atoms with Gasteiger partial charge in [0.2, 0.25) is 0 Å². The Bertz CT molecular complexity index is 360. The molecule has 0 aliphatic heterocycles. The minimum absolute atomic E-state index is 0.263. The maximum Gasteiger partial charge on any atom is 0.330 e. The van der Waals surface area contributed by atoms with Gasteiger partial charge in [-0.3, -0.25) is 0 Å². The van der Waals surface area contributed by atoms with Crippen LogP contribution in [0, 0.1) is 0 Å². The first-order chi connectivity index (χ1) is 7.72. The average Bonchev–Trinajstić information content (AvgIpc) is 2.27. The lowest BCUT2D eigenvalue weighted by Gasteiger charge is -2.09. The van der Waals surface area contributed by atoms with Gasteiger partial charge in [-0.15, -0.1) is 0 Å². The topological polar surface area (TPSA) is 58.6 Å². The minimum atomic E-state index is -0.979. The van der Waals surface area contributed by atoms with E-state index in [4.69, 9.17) is 9.84 Å². The van der Waals surface area contributed by atoms with Crippen LogP contribution in [0.2, 0.25) is 0 Å². The van der Waals surface area contributed by atoms with Crippen molar-refractivity contribution in [2.24, 2.45) is 0 Å². The molecule has 0 spiro atoms. The Morgan fingerprint density at radius 2 is 2.12 bits per heavy atom. The number of methoxy groups -OCH3 is 1. The van der Waals surface area contributed by atoms with Crippen LogP contribution in [0.25, 0.3) is 0 Å². The third-order valence-corrected chi connectivity index (χ3v) is 1.96. The molecule has 0 unspecified atom stereocenters. The van der Waals surface area contributed by atoms with Gasteiger partial charge in [0.15, 0.2) is 0 Å². The van der Waals surface area contributed by atoms with Gasteiger partial charge in [0, 0.05) is 25.4 Å². The van der Waals surface area contributed by atoms with Crippen LogP contribution in [-0.2, 0) is 16.1 Å². The van der Waals surface area contributed by atoms with E-state index in [1.54, 1.807) is 0 Å². The van der Waals surface area contributed by atoms with Crippen LogP contribution in [0.5, 0.6) is 0 Å². The quantitative estimate of drug-likeness (QED) is 0.713. The lowest BCUT2D eigenvalue weighted by molar-refractivity contribution is -0.131. The zero-order valence-corrected chi connectivity index (χ0v) is 9.14. The predicted molar refractivity (Wildman–Crippen MR) is 60.9 cm³/mol. The monoisotopic (exact) mass is 221 g/mol. The molecule has 0 amide bonds. The van der Waals surface area contributed by atoms with E-state index in [2.05, 4.69) is 5.32 Å². The van der Waals surface area contributed by atoms with Crippen LogP contribution in [0.1, 0.15) is 5.56 Å². The van der Waals surface area contributed by atoms with Crippen molar-refractivity contribution >= 4 is 5.97 Å². The van der Waals surface area contributed by atoms with Crippen LogP contribution in [-0.4, -0.2) is 24.8 Å². The molecule has 0 saturated heterocycles. The van der Waals surface area contributed by atoms with E-state index in [1.165, 1.54) is 7.11 Å². The summed E-state index contributed by atoms with van der Waals surface area (Å²) in [5.41, 5.74) is 1.65. The Morgan fingerprint density at radius 3 is 2.69 bits per heavy atom. The van der Waals surface area contributed by atoms with E-state index < -0.39 is 5.97 Å². The normalized spacial score (nSPS) is 11.2. The predicted octanol–water partition coefficient (Wildman–Crippen LogP) is 1.39. The first-order valence-corrected chi connectivity index (χ1v) is 4.92. The Kier molecular flexibility index (Phi) is 5.08. The number of carboxylic acids is 1. The van der Waals surface area contributed by atoms with Crippen molar-refractivity contribution in [1.29, 1.82) is 0 Å². The summed E-state index contributed by atoms with van der Waals surface area (Å²) in [7, 11) is 1.53. The summed E-state index contributed by atoms with van der Waals surface area (Å²) < 4.78 is 4.90. The van der Waals surface area contributed by atoms with E-state index in [0.29, 0.717) is 12.2 Å². The molecular formula is C12H15NO3. The van der Waals surface area contributed by atoms with E-state index in [0.717, 1.165) is 11.6 Å². The molecule has 1 aromatic rings. The van der Waals surface area contributed by atoms with Gasteiger partial charge in [-0.05, 0) is 5.56 Å². The van der Waals surface area contributed by atoms with Crippen molar-refractivity contribution in [2.45, 2.75) is 6.54 Å². The Labute approximate surface area is 94.6 Å². The van der Waals surface area contributed by atoms with Gasteiger partial charge in [-0.1, -0.05) is 30.3 Å². The number of carboxylic acid groups (broad SMARTS) is 1. The van der Waals surface area contributed by atoms with E-state index in [-0.39, 0.29) is 6.61 Å². The van der Waals surface area contributed by atoms with Crippen LogP contribution in [0.15, 0.2) is 42.1 Å². The number of aliphatic carboxylic acids is 1. The van der Waals surface area contributed by atoms with Crippen molar-refractivity contribution < 1.29 is 14.6 Å². The second kappa shape index (κ2) is 6.63. The lowest BCUT2D eigenvalue weighted by atomic mass is 10.2. The van der Waals surface area contributed by atoms with Gasteiger partial charge < -0.3 is 15.2 Å². The van der Waals surface area contributed by atoms with Crippen molar-refractivity contribution in [3.05, 3.63) is 47.7 Å². The second-order valence-electron chi connectivity index (χ2n) is 3.28. The third-order valence-electron chi connectivity index (χ3n) is 1.96. The first-order valence-electron chi connectivity index (χ1n) is 4.92. The number of ether oxygens (including phenoxy) is 1. The minimum Gasteiger partial charge on any atom is -0.478 e. The van der Waals surface area contributed by atoms with Gasteiger partial charge in [0.05, 0.1) is 6.61 Å². The van der Waals surface area contributed by atoms with Gasteiger partial charge >= 0.3 is 5.97 Å². The fourth-order valence-electron chi connectivity index (χ4n) is 1.26. The Morgan fingerprint density at radius 1 is 1.44 bits per heavy atom. The zero-order chi connectivity index (χ0) is 11.8. The third kappa shape index (κ3) is 4.61. The summed E-state index contributed by atoms with van der Waals surface area (Å²) in [6, 6.07) is 9.75. The summed E-state index contributed by atoms with van der Waals surface area (Å²) in [5, 5.41) is 11.7. The highest BCUT2D eigenvalue weighted by molar-refractivity contribution is 5.80. The number of carbonyl (C=O) groups is 1. The molecule has 4 heteroatoms. The highest BCUT2D eigenvalue weighted by Crippen LogP contribution is 1.99. The number of benzene rings is 1. The van der Waals surface area contributed by atoms with Gasteiger partial charge in [-0.25, -0.2) is 4.79 Å². The summed E-state index contributed by atoms with van der Waals surface area (Å²) in [5.74, 6) is -0.979. The van der Waals surface area contributed by atoms with Crippen LogP contribution >= 0.6 is 0 Å². The van der Waals surface area contributed by atoms with E-state index >= 15 is 0 Å². The molecule has 0 aliphatic carbocycles. The smallest absolute Gasteiger partial charge is 0.330 e. The summed E-state index contributed by atoms with van der Waals surface area (Å²) in [6.07, 6.45) is 1.12. The average molecular weight is 221 g/mol. The number of hydrogen-bond donors (Lipinski definition) is 2. The maximum absolute atomic E-state index is 10.5. The molecule has 0 heterocycles. The van der Waals surface area contributed by atoms with E-state index in [1.807, 2.05) is 30.3 Å². The molecule has 4 nitrogen and oxygen atoms in total. The molecule has 86 valence electrons. The molecule has 2 N–H and O–H groups in total. The standard InChI is InChI=1S/C12H15NO3/c1-16-9-11(7-12(14)15)13-8-10-5-3-2-4-6-10/h2-7,13H,8-9H2,1H3,(H,14,15). The Balaban J connectivity index is 2.54. The fourth-order valence-corrected chi connectivity index (χ4v) is 1.26. The zero-order valence-electron chi connectivity index (χ0n) is 9.14. The van der Waals surface area contributed by atoms with Gasteiger partial charge in [0.1, 0.15) is 0 Å². The fraction of sp³-hybridized carbons (Fsp3) is 0.250. The van der Waals surface area contributed by atoms with Crippen molar-refractivity contribution in [3.63, 3.8) is 0 Å². The lowest BCUT2D eigenvalue weighted by Crippen LogP contribution is -2.18. The van der Waals surface area contributed by atoms with Gasteiger partial charge in [0.25, 0.3) is 0 Å². The molecule has 0 bridgehead atoms. The summed E-state index contributed by atoms with van der Waals surface area (Å²) in [4.78, 5) is 10.5. The molecule has 1 rings (SSSR count). The molecule has 1 aromatic carbocycles. The molecule has 0 aromatic heterocycles. The van der Waals surface area contributed by atoms with Gasteiger partial charge in [-0.2, -0.15) is 0 Å². The SMILES string of the molecule is COCC(=CC(=O)O)NCc1ccccc1. The summed E-state index contributed by atoms with van der Waals surface area (Å²) in [6.45, 7) is 0.850. The molecule has 0 radical (unpaired) electrons. The number of rotatable bonds is 6.